The SMILES string of the molecule is C=C(COCCOCC)[B-](F)(F)F. The Bertz CT molecular complexity index is 158. The molecule has 0 bridgehead atoms. The molecule has 0 heterocycles. The first-order valence-electron chi connectivity index (χ1n) is 4.01. The Morgan fingerprint density at radius 2 is 1.77 bits per heavy atom. The normalized spacial score (nSPS) is 11.7. The van der Waals surface area contributed by atoms with Crippen molar-refractivity contribution in [3.63, 3.8) is 0 Å². The fraction of sp³-hybridized carbons (Fsp3) is 0.714. The monoisotopic (exact) mass is 197 g/mol. The maximum absolute atomic E-state index is 11.9. The Labute approximate surface area is 75.8 Å². The predicted octanol–water partition coefficient (Wildman–Crippen LogP) is 1.98. The zero-order chi connectivity index (χ0) is 10.3. The van der Waals surface area contributed by atoms with Crippen molar-refractivity contribution in [2.24, 2.45) is 0 Å². The molecule has 13 heavy (non-hydrogen) atoms. The summed E-state index contributed by atoms with van der Waals surface area (Å²) < 4.78 is 45.2. The van der Waals surface area contributed by atoms with Crippen LogP contribution >= 0.6 is 0 Å². The first-order valence-corrected chi connectivity index (χ1v) is 4.01. The van der Waals surface area contributed by atoms with Gasteiger partial charge in [0, 0.05) is 13.2 Å². The van der Waals surface area contributed by atoms with Gasteiger partial charge in [-0.25, -0.2) is 0 Å². The Morgan fingerprint density at radius 3 is 2.23 bits per heavy atom. The van der Waals surface area contributed by atoms with Crippen molar-refractivity contribution in [2.45, 2.75) is 6.92 Å². The molecule has 0 fully saturated rings. The molecular formula is C7H13BF3O2-. The number of hydrogen-bond acceptors (Lipinski definition) is 2. The van der Waals surface area contributed by atoms with Crippen LogP contribution in [-0.4, -0.2) is 33.4 Å². The lowest BCUT2D eigenvalue weighted by molar-refractivity contribution is 0.0625. The summed E-state index contributed by atoms with van der Waals surface area (Å²) in [5.41, 5.74) is -0.809. The van der Waals surface area contributed by atoms with E-state index in [0.717, 1.165) is 0 Å². The molecule has 0 N–H and O–H groups in total. The molecule has 0 spiro atoms. The van der Waals surface area contributed by atoms with Crippen LogP contribution in [0.4, 0.5) is 12.9 Å². The lowest BCUT2D eigenvalue weighted by Gasteiger charge is -2.17. The molecule has 0 saturated heterocycles. The van der Waals surface area contributed by atoms with E-state index in [1.165, 1.54) is 0 Å². The van der Waals surface area contributed by atoms with Crippen LogP contribution in [0.15, 0.2) is 12.1 Å². The van der Waals surface area contributed by atoms with E-state index in [2.05, 4.69) is 6.58 Å². The largest absolute Gasteiger partial charge is 0.507 e. The molecule has 0 atom stereocenters. The lowest BCUT2D eigenvalue weighted by Crippen LogP contribution is -2.23. The second kappa shape index (κ2) is 6.04. The third kappa shape index (κ3) is 6.66. The van der Waals surface area contributed by atoms with Crippen LogP contribution in [0.3, 0.4) is 0 Å². The summed E-state index contributed by atoms with van der Waals surface area (Å²) >= 11 is 0. The summed E-state index contributed by atoms with van der Waals surface area (Å²) in [5, 5.41) is 0. The summed E-state index contributed by atoms with van der Waals surface area (Å²) in [6, 6.07) is 0. The van der Waals surface area contributed by atoms with E-state index in [-0.39, 0.29) is 6.61 Å². The fourth-order valence-electron chi connectivity index (χ4n) is 0.560. The van der Waals surface area contributed by atoms with E-state index < -0.39 is 19.1 Å². The van der Waals surface area contributed by atoms with Crippen molar-refractivity contribution in [3.05, 3.63) is 12.1 Å². The standard InChI is InChI=1S/C7H13BF3O2/c1-3-12-4-5-13-6-7(2)8(9,10)11/h2-6H2,1H3/q-1. The molecule has 0 aromatic rings. The van der Waals surface area contributed by atoms with Gasteiger partial charge in [0.05, 0.1) is 13.2 Å². The highest BCUT2D eigenvalue weighted by Crippen LogP contribution is 2.17. The van der Waals surface area contributed by atoms with Crippen LogP contribution in [0.25, 0.3) is 0 Å². The van der Waals surface area contributed by atoms with Gasteiger partial charge in [-0.3, -0.25) is 0 Å². The molecule has 0 aliphatic carbocycles. The Balaban J connectivity index is 3.38. The average molecular weight is 197 g/mol. The molecule has 2 nitrogen and oxygen atoms in total. The van der Waals surface area contributed by atoms with E-state index in [0.29, 0.717) is 13.2 Å². The second-order valence-electron chi connectivity index (χ2n) is 2.48. The van der Waals surface area contributed by atoms with Gasteiger partial charge in [0.1, 0.15) is 0 Å². The first kappa shape index (κ1) is 12.5. The molecule has 0 saturated carbocycles. The van der Waals surface area contributed by atoms with Crippen LogP contribution in [0.1, 0.15) is 6.92 Å². The molecule has 6 heteroatoms. The second-order valence-corrected chi connectivity index (χ2v) is 2.48. The van der Waals surface area contributed by atoms with Crippen LogP contribution in [0.5, 0.6) is 0 Å². The maximum atomic E-state index is 11.9. The van der Waals surface area contributed by atoms with Crippen LogP contribution < -0.4 is 0 Å². The third-order valence-electron chi connectivity index (χ3n) is 1.33. The minimum absolute atomic E-state index is 0.166. The molecule has 0 aromatic heterocycles. The molecule has 78 valence electrons. The minimum atomic E-state index is -4.96. The molecule has 0 aliphatic heterocycles. The van der Waals surface area contributed by atoms with E-state index in [1.54, 1.807) is 6.92 Å². The van der Waals surface area contributed by atoms with Crippen molar-refractivity contribution < 1.29 is 22.4 Å². The average Bonchev–Trinajstić information content (AvgIpc) is 2.02. The number of rotatable bonds is 7. The predicted molar refractivity (Wildman–Crippen MR) is 45.5 cm³/mol. The van der Waals surface area contributed by atoms with Crippen LogP contribution in [0, 0.1) is 0 Å². The number of hydrogen-bond donors (Lipinski definition) is 0. The van der Waals surface area contributed by atoms with Gasteiger partial charge in [-0.15, -0.1) is 12.1 Å². The summed E-state index contributed by atoms with van der Waals surface area (Å²) in [7, 11) is 0. The van der Waals surface area contributed by atoms with Gasteiger partial charge in [0.15, 0.2) is 0 Å². The van der Waals surface area contributed by atoms with E-state index in [1.807, 2.05) is 0 Å². The molecule has 0 aromatic carbocycles. The van der Waals surface area contributed by atoms with Crippen molar-refractivity contribution in [1.82, 2.24) is 0 Å². The lowest BCUT2D eigenvalue weighted by atomic mass is 9.81. The highest BCUT2D eigenvalue weighted by Gasteiger charge is 2.26. The van der Waals surface area contributed by atoms with Gasteiger partial charge in [-0.05, 0) is 6.92 Å². The van der Waals surface area contributed by atoms with E-state index in [9.17, 15) is 12.9 Å². The zero-order valence-electron chi connectivity index (χ0n) is 7.56. The molecule has 0 radical (unpaired) electrons. The van der Waals surface area contributed by atoms with Crippen molar-refractivity contribution in [2.75, 3.05) is 26.4 Å². The van der Waals surface area contributed by atoms with Crippen molar-refractivity contribution in [1.29, 1.82) is 0 Å². The van der Waals surface area contributed by atoms with Gasteiger partial charge < -0.3 is 22.4 Å². The topological polar surface area (TPSA) is 18.5 Å². The van der Waals surface area contributed by atoms with E-state index in [4.69, 9.17) is 9.47 Å². The van der Waals surface area contributed by atoms with Gasteiger partial charge in [-0.1, -0.05) is 0 Å². The smallest absolute Gasteiger partial charge is 0.445 e. The summed E-state index contributed by atoms with van der Waals surface area (Å²) in [4.78, 5) is 0. The number of ether oxygens (including phenoxy) is 2. The Morgan fingerprint density at radius 1 is 1.23 bits per heavy atom. The molecule has 0 amide bonds. The molecule has 0 unspecified atom stereocenters. The molecule has 0 rings (SSSR count). The van der Waals surface area contributed by atoms with Crippen LogP contribution in [0.2, 0.25) is 0 Å². The third-order valence-corrected chi connectivity index (χ3v) is 1.33. The van der Waals surface area contributed by atoms with Crippen molar-refractivity contribution >= 4 is 6.98 Å². The van der Waals surface area contributed by atoms with Crippen molar-refractivity contribution in [3.8, 4) is 0 Å². The molecular weight excluding hydrogens is 184 g/mol. The highest BCUT2D eigenvalue weighted by atomic mass is 19.4. The Kier molecular flexibility index (Phi) is 5.82. The minimum Gasteiger partial charge on any atom is -0.445 e. The summed E-state index contributed by atoms with van der Waals surface area (Å²) in [6.45, 7) is 0.282. The van der Waals surface area contributed by atoms with Gasteiger partial charge >= 0.3 is 6.98 Å². The highest BCUT2D eigenvalue weighted by molar-refractivity contribution is 6.66. The first-order chi connectivity index (χ1) is 5.98. The van der Waals surface area contributed by atoms with E-state index >= 15 is 0 Å². The van der Waals surface area contributed by atoms with Gasteiger partial charge in [0.2, 0.25) is 0 Å². The van der Waals surface area contributed by atoms with Gasteiger partial charge in [-0.2, -0.15) is 0 Å². The molecule has 0 aliphatic rings. The van der Waals surface area contributed by atoms with Gasteiger partial charge in [0.25, 0.3) is 0 Å². The summed E-state index contributed by atoms with van der Waals surface area (Å²) in [6.07, 6.45) is 0. The van der Waals surface area contributed by atoms with Crippen LogP contribution in [-0.2, 0) is 9.47 Å². The summed E-state index contributed by atoms with van der Waals surface area (Å²) in [5.74, 6) is 0. The number of halogens is 3. The Hall–Kier alpha value is -0.485. The zero-order valence-corrected chi connectivity index (χ0v) is 7.56. The maximum Gasteiger partial charge on any atom is 0.507 e. The fourth-order valence-corrected chi connectivity index (χ4v) is 0.560. The quantitative estimate of drug-likeness (QED) is 0.458.